The largest absolute Gasteiger partial charge is 0.330 e. The Balaban J connectivity index is 2.51. The van der Waals surface area contributed by atoms with Gasteiger partial charge in [0.05, 0.1) is 0 Å². The van der Waals surface area contributed by atoms with E-state index in [0.29, 0.717) is 12.0 Å². The van der Waals surface area contributed by atoms with Crippen LogP contribution in [0.2, 0.25) is 0 Å². The van der Waals surface area contributed by atoms with Crippen molar-refractivity contribution in [3.63, 3.8) is 0 Å². The van der Waals surface area contributed by atoms with Crippen LogP contribution in [-0.2, 0) is 0 Å². The van der Waals surface area contributed by atoms with Gasteiger partial charge in [-0.1, -0.05) is 13.8 Å². The minimum absolute atomic E-state index is 0.618. The van der Waals surface area contributed by atoms with Gasteiger partial charge in [0, 0.05) is 18.6 Å². The lowest BCUT2D eigenvalue weighted by atomic mass is 10.0. The molecule has 0 aromatic carbocycles. The number of hydrogen-bond acceptors (Lipinski definition) is 2. The van der Waals surface area contributed by atoms with Gasteiger partial charge in [0.2, 0.25) is 0 Å². The second-order valence-corrected chi connectivity index (χ2v) is 4.84. The van der Waals surface area contributed by atoms with E-state index in [9.17, 15) is 0 Å². The third-order valence-corrected chi connectivity index (χ3v) is 3.55. The van der Waals surface area contributed by atoms with Gasteiger partial charge < -0.3 is 5.73 Å². The first-order chi connectivity index (χ1) is 6.06. The van der Waals surface area contributed by atoms with Gasteiger partial charge >= 0.3 is 0 Å². The average molecular weight is 184 g/mol. The summed E-state index contributed by atoms with van der Waals surface area (Å²) in [6.07, 6.45) is 1.35. The van der Waals surface area contributed by atoms with Crippen LogP contribution in [0, 0.1) is 11.8 Å². The second kappa shape index (κ2) is 4.43. The molecule has 4 unspecified atom stereocenters. The van der Waals surface area contributed by atoms with Gasteiger partial charge in [0.25, 0.3) is 0 Å². The van der Waals surface area contributed by atoms with E-state index >= 15 is 0 Å². The van der Waals surface area contributed by atoms with Crippen LogP contribution in [0.15, 0.2) is 0 Å². The van der Waals surface area contributed by atoms with Crippen molar-refractivity contribution in [3.8, 4) is 0 Å². The summed E-state index contributed by atoms with van der Waals surface area (Å²) < 4.78 is 0. The Labute approximate surface area is 82.5 Å². The predicted molar refractivity (Wildman–Crippen MR) is 57.6 cm³/mol. The maximum absolute atomic E-state index is 5.69. The van der Waals surface area contributed by atoms with E-state index in [1.165, 1.54) is 13.0 Å². The first-order valence-electron chi connectivity index (χ1n) is 5.52. The highest BCUT2D eigenvalue weighted by Crippen LogP contribution is 2.26. The summed E-state index contributed by atoms with van der Waals surface area (Å²) in [7, 11) is 0. The van der Waals surface area contributed by atoms with E-state index in [-0.39, 0.29) is 0 Å². The molecule has 1 aliphatic rings. The van der Waals surface area contributed by atoms with Gasteiger partial charge in [-0.2, -0.15) is 0 Å². The molecule has 0 aromatic heterocycles. The highest BCUT2D eigenvalue weighted by molar-refractivity contribution is 4.85. The van der Waals surface area contributed by atoms with Crippen LogP contribution in [0.25, 0.3) is 0 Å². The minimum atomic E-state index is 0.618. The Morgan fingerprint density at radius 1 is 1.38 bits per heavy atom. The molecule has 0 spiro atoms. The zero-order chi connectivity index (χ0) is 10.0. The zero-order valence-corrected chi connectivity index (χ0v) is 9.46. The van der Waals surface area contributed by atoms with Crippen LogP contribution >= 0.6 is 0 Å². The maximum Gasteiger partial charge on any atom is 0.0107 e. The van der Waals surface area contributed by atoms with Crippen molar-refractivity contribution in [2.75, 3.05) is 13.1 Å². The molecule has 0 aliphatic carbocycles. The molecule has 78 valence electrons. The molecule has 2 N–H and O–H groups in total. The standard InChI is InChI=1S/C11H24N2/c1-8-5-10(3)13(7-8)11(4)9(2)6-12/h8-11H,5-7,12H2,1-4H3. The lowest BCUT2D eigenvalue weighted by Gasteiger charge is -2.32. The molecular weight excluding hydrogens is 160 g/mol. The Morgan fingerprint density at radius 2 is 2.00 bits per heavy atom. The van der Waals surface area contributed by atoms with Gasteiger partial charge in [0.15, 0.2) is 0 Å². The highest BCUT2D eigenvalue weighted by atomic mass is 15.2. The molecule has 0 aromatic rings. The number of nitrogens with two attached hydrogens (primary N) is 1. The van der Waals surface area contributed by atoms with Crippen molar-refractivity contribution in [2.24, 2.45) is 17.6 Å². The van der Waals surface area contributed by atoms with Crippen molar-refractivity contribution in [3.05, 3.63) is 0 Å². The summed E-state index contributed by atoms with van der Waals surface area (Å²) in [4.78, 5) is 2.61. The SMILES string of the molecule is CC1CC(C)N(C(C)C(C)CN)C1. The van der Waals surface area contributed by atoms with Crippen LogP contribution in [0.5, 0.6) is 0 Å². The van der Waals surface area contributed by atoms with Gasteiger partial charge in [-0.05, 0) is 38.6 Å². The van der Waals surface area contributed by atoms with Gasteiger partial charge in [-0.15, -0.1) is 0 Å². The van der Waals surface area contributed by atoms with Crippen molar-refractivity contribution in [1.29, 1.82) is 0 Å². The van der Waals surface area contributed by atoms with Crippen LogP contribution in [0.3, 0.4) is 0 Å². The Kier molecular flexibility index (Phi) is 3.74. The molecule has 1 saturated heterocycles. The molecular formula is C11H24N2. The summed E-state index contributed by atoms with van der Waals surface area (Å²) in [5, 5.41) is 0. The Bertz CT molecular complexity index is 158. The molecule has 4 atom stereocenters. The van der Waals surface area contributed by atoms with Gasteiger partial charge in [-0.3, -0.25) is 4.90 Å². The molecule has 0 saturated carbocycles. The summed E-state index contributed by atoms with van der Waals surface area (Å²) in [5.41, 5.74) is 5.69. The molecule has 2 heteroatoms. The normalized spacial score (nSPS) is 34.8. The fraction of sp³-hybridized carbons (Fsp3) is 1.00. The van der Waals surface area contributed by atoms with Crippen LogP contribution in [-0.4, -0.2) is 30.1 Å². The van der Waals surface area contributed by atoms with E-state index in [0.717, 1.165) is 18.5 Å². The Hall–Kier alpha value is -0.0800. The Morgan fingerprint density at radius 3 is 2.38 bits per heavy atom. The topological polar surface area (TPSA) is 29.3 Å². The fourth-order valence-electron chi connectivity index (χ4n) is 2.42. The molecule has 0 bridgehead atoms. The van der Waals surface area contributed by atoms with Crippen molar-refractivity contribution in [2.45, 2.75) is 46.2 Å². The number of nitrogens with zero attached hydrogens (tertiary/aromatic N) is 1. The summed E-state index contributed by atoms with van der Waals surface area (Å²) >= 11 is 0. The third kappa shape index (κ3) is 2.44. The van der Waals surface area contributed by atoms with Crippen molar-refractivity contribution < 1.29 is 0 Å². The molecule has 0 amide bonds. The van der Waals surface area contributed by atoms with Crippen LogP contribution < -0.4 is 5.73 Å². The van der Waals surface area contributed by atoms with E-state index in [4.69, 9.17) is 5.73 Å². The van der Waals surface area contributed by atoms with Gasteiger partial charge in [-0.25, -0.2) is 0 Å². The zero-order valence-electron chi connectivity index (χ0n) is 9.46. The number of hydrogen-bond donors (Lipinski definition) is 1. The predicted octanol–water partition coefficient (Wildman–Crippen LogP) is 1.70. The second-order valence-electron chi connectivity index (χ2n) is 4.84. The summed E-state index contributed by atoms with van der Waals surface area (Å²) in [6, 6.07) is 1.39. The van der Waals surface area contributed by atoms with Crippen molar-refractivity contribution >= 4 is 0 Å². The lowest BCUT2D eigenvalue weighted by molar-refractivity contribution is 0.155. The molecule has 1 fully saturated rings. The number of rotatable bonds is 3. The van der Waals surface area contributed by atoms with E-state index in [1.54, 1.807) is 0 Å². The fourth-order valence-corrected chi connectivity index (χ4v) is 2.42. The molecule has 13 heavy (non-hydrogen) atoms. The average Bonchev–Trinajstić information content (AvgIpc) is 2.42. The van der Waals surface area contributed by atoms with Crippen LogP contribution in [0.4, 0.5) is 0 Å². The first kappa shape index (κ1) is 11.0. The third-order valence-electron chi connectivity index (χ3n) is 3.55. The molecule has 1 rings (SSSR count). The highest BCUT2D eigenvalue weighted by Gasteiger charge is 2.31. The summed E-state index contributed by atoms with van der Waals surface area (Å²) in [5.74, 6) is 1.48. The lowest BCUT2D eigenvalue weighted by Crippen LogP contribution is -2.42. The van der Waals surface area contributed by atoms with Gasteiger partial charge in [0.1, 0.15) is 0 Å². The molecule has 1 aliphatic heterocycles. The molecule has 1 heterocycles. The first-order valence-corrected chi connectivity index (χ1v) is 5.52. The van der Waals surface area contributed by atoms with E-state index in [2.05, 4.69) is 32.6 Å². The minimum Gasteiger partial charge on any atom is -0.330 e. The van der Waals surface area contributed by atoms with E-state index < -0.39 is 0 Å². The quantitative estimate of drug-likeness (QED) is 0.723. The summed E-state index contributed by atoms with van der Waals surface area (Å²) in [6.45, 7) is 11.3. The van der Waals surface area contributed by atoms with Crippen molar-refractivity contribution in [1.82, 2.24) is 4.90 Å². The monoisotopic (exact) mass is 184 g/mol. The molecule has 0 radical (unpaired) electrons. The number of likely N-dealkylation sites (tertiary alicyclic amines) is 1. The maximum atomic E-state index is 5.69. The van der Waals surface area contributed by atoms with E-state index in [1.807, 2.05) is 0 Å². The van der Waals surface area contributed by atoms with Crippen LogP contribution in [0.1, 0.15) is 34.1 Å². The smallest absolute Gasteiger partial charge is 0.0107 e. The molecule has 2 nitrogen and oxygen atoms in total.